The van der Waals surface area contributed by atoms with Gasteiger partial charge in [-0.15, -0.1) is 0 Å². The second-order valence-corrected chi connectivity index (χ2v) is 10.4. The lowest BCUT2D eigenvalue weighted by Gasteiger charge is -2.35. The molecule has 0 bridgehead atoms. The fourth-order valence-corrected chi connectivity index (χ4v) is 5.62. The Kier molecular flexibility index (Phi) is 7.21. The number of nitrogens with zero attached hydrogens (tertiary/aromatic N) is 4. The molecule has 2 fully saturated rings. The zero-order chi connectivity index (χ0) is 25.4. The van der Waals surface area contributed by atoms with Gasteiger partial charge in [-0.05, 0) is 45.2 Å². The smallest absolute Gasteiger partial charge is 0.274 e. The normalized spacial score (nSPS) is 22.6. The highest BCUT2D eigenvalue weighted by atomic mass is 35.5. The minimum atomic E-state index is -0.510. The summed E-state index contributed by atoms with van der Waals surface area (Å²) in [6.07, 6.45) is 3.80. The fourth-order valence-electron chi connectivity index (χ4n) is 5.50. The van der Waals surface area contributed by atoms with Gasteiger partial charge >= 0.3 is 0 Å². The summed E-state index contributed by atoms with van der Waals surface area (Å²) in [5.41, 5.74) is 2.48. The summed E-state index contributed by atoms with van der Waals surface area (Å²) in [6.45, 7) is 6.27. The van der Waals surface area contributed by atoms with Crippen LogP contribution in [0.2, 0.25) is 5.02 Å². The van der Waals surface area contributed by atoms with Gasteiger partial charge in [0, 0.05) is 56.3 Å². The molecule has 0 radical (unpaired) electrons. The highest BCUT2D eigenvalue weighted by Gasteiger charge is 2.33. The van der Waals surface area contributed by atoms with Crippen molar-refractivity contribution in [3.63, 3.8) is 0 Å². The highest BCUT2D eigenvalue weighted by molar-refractivity contribution is 6.30. The zero-order valence-electron chi connectivity index (χ0n) is 20.7. The van der Waals surface area contributed by atoms with Gasteiger partial charge in [-0.3, -0.25) is 14.3 Å². The Labute approximate surface area is 215 Å². The van der Waals surface area contributed by atoms with E-state index in [0.29, 0.717) is 50.5 Å². The average Bonchev–Trinajstić information content (AvgIpc) is 3.45. The Bertz CT molecular complexity index is 1140. The summed E-state index contributed by atoms with van der Waals surface area (Å²) < 4.78 is 27.1. The van der Waals surface area contributed by atoms with Crippen molar-refractivity contribution >= 4 is 23.4 Å². The number of hydrogen-bond acceptors (Lipinski definition) is 5. The van der Waals surface area contributed by atoms with Gasteiger partial charge in [0.25, 0.3) is 5.91 Å². The summed E-state index contributed by atoms with van der Waals surface area (Å²) >= 11 is 5.74. The molecule has 2 saturated heterocycles. The predicted molar refractivity (Wildman–Crippen MR) is 132 cm³/mol. The van der Waals surface area contributed by atoms with E-state index in [-0.39, 0.29) is 41.7 Å². The number of carbonyl (C=O) groups is 2. The molecule has 2 amide bonds. The van der Waals surface area contributed by atoms with Gasteiger partial charge in [-0.1, -0.05) is 11.6 Å². The maximum atomic E-state index is 13.7. The predicted octanol–water partition coefficient (Wildman–Crippen LogP) is 3.48. The van der Waals surface area contributed by atoms with E-state index in [1.165, 1.54) is 12.1 Å². The maximum Gasteiger partial charge on any atom is 0.274 e. The highest BCUT2D eigenvalue weighted by Crippen LogP contribution is 2.28. The minimum absolute atomic E-state index is 0.0139. The molecule has 5 rings (SSSR count). The summed E-state index contributed by atoms with van der Waals surface area (Å²) in [5.74, 6) is -0.159. The lowest BCUT2D eigenvalue weighted by atomic mass is 10.1. The van der Waals surface area contributed by atoms with Crippen LogP contribution in [0.25, 0.3) is 0 Å². The first-order chi connectivity index (χ1) is 17.3. The number of ether oxygens (including phenoxy) is 2. The number of fused-ring (bicyclic) bond motifs is 1. The van der Waals surface area contributed by atoms with Crippen molar-refractivity contribution in [3.8, 4) is 5.75 Å². The topological polar surface area (TPSA) is 76.9 Å². The molecule has 2 aliphatic heterocycles. The van der Waals surface area contributed by atoms with Gasteiger partial charge < -0.3 is 19.3 Å². The largest absolute Gasteiger partial charge is 0.490 e. The number of piperidine rings is 1. The van der Waals surface area contributed by atoms with Crippen LogP contribution in [0.3, 0.4) is 0 Å². The number of amides is 2. The first-order valence-electron chi connectivity index (χ1n) is 12.7. The number of halogens is 2. The molecule has 3 heterocycles. The Morgan fingerprint density at radius 2 is 1.86 bits per heavy atom. The van der Waals surface area contributed by atoms with Crippen molar-refractivity contribution in [2.75, 3.05) is 26.2 Å². The van der Waals surface area contributed by atoms with Gasteiger partial charge in [0.15, 0.2) is 5.69 Å². The molecule has 8 nitrogen and oxygen atoms in total. The molecular formula is C26H32ClFN4O4. The summed E-state index contributed by atoms with van der Waals surface area (Å²) in [6, 6.07) is 4.42. The van der Waals surface area contributed by atoms with Crippen molar-refractivity contribution < 1.29 is 23.5 Å². The maximum absolute atomic E-state index is 13.7. The molecular weight excluding hydrogens is 487 g/mol. The first-order valence-corrected chi connectivity index (χ1v) is 13.1. The molecule has 0 saturated carbocycles. The monoisotopic (exact) mass is 518 g/mol. The Morgan fingerprint density at radius 3 is 2.56 bits per heavy atom. The third-order valence-electron chi connectivity index (χ3n) is 7.19. The Hall–Kier alpha value is -2.65. The summed E-state index contributed by atoms with van der Waals surface area (Å²) in [5, 5.41) is 4.71. The molecule has 3 aliphatic rings. The van der Waals surface area contributed by atoms with Gasteiger partial charge in [0.05, 0.1) is 17.2 Å². The fraction of sp³-hybridized carbons (Fsp3) is 0.577. The Balaban J connectivity index is 1.21. The molecule has 2 atom stereocenters. The van der Waals surface area contributed by atoms with E-state index < -0.39 is 5.82 Å². The molecule has 2 aromatic rings. The lowest BCUT2D eigenvalue weighted by molar-refractivity contribution is -0.133. The molecule has 0 spiro atoms. The average molecular weight is 519 g/mol. The lowest BCUT2D eigenvalue weighted by Crippen LogP contribution is -2.48. The van der Waals surface area contributed by atoms with Gasteiger partial charge in [0.1, 0.15) is 24.2 Å². The van der Waals surface area contributed by atoms with E-state index in [1.54, 1.807) is 10.7 Å². The molecule has 1 aliphatic carbocycles. The number of benzene rings is 1. The quantitative estimate of drug-likeness (QED) is 0.605. The molecule has 1 aromatic heterocycles. The second kappa shape index (κ2) is 10.4. The van der Waals surface area contributed by atoms with Crippen LogP contribution in [0.1, 0.15) is 54.9 Å². The van der Waals surface area contributed by atoms with Crippen molar-refractivity contribution in [1.82, 2.24) is 19.6 Å². The summed E-state index contributed by atoms with van der Waals surface area (Å²) in [7, 11) is 0. The number of hydrogen-bond donors (Lipinski definition) is 0. The molecule has 0 unspecified atom stereocenters. The molecule has 0 N–H and O–H groups in total. The number of likely N-dealkylation sites (tertiary alicyclic amines) is 1. The first kappa shape index (κ1) is 25.0. The van der Waals surface area contributed by atoms with Crippen LogP contribution in [0.4, 0.5) is 4.39 Å². The molecule has 194 valence electrons. The van der Waals surface area contributed by atoms with Crippen molar-refractivity contribution in [2.45, 2.75) is 70.8 Å². The van der Waals surface area contributed by atoms with E-state index >= 15 is 0 Å². The van der Waals surface area contributed by atoms with Crippen LogP contribution in [0.5, 0.6) is 5.75 Å². The van der Waals surface area contributed by atoms with Gasteiger partial charge in [-0.25, -0.2) is 4.39 Å². The van der Waals surface area contributed by atoms with Crippen LogP contribution in [0, 0.1) is 5.82 Å². The summed E-state index contributed by atoms with van der Waals surface area (Å²) in [4.78, 5) is 30.1. The van der Waals surface area contributed by atoms with Crippen LogP contribution >= 0.6 is 11.6 Å². The van der Waals surface area contributed by atoms with Crippen LogP contribution < -0.4 is 4.74 Å². The molecule has 1 aromatic carbocycles. The van der Waals surface area contributed by atoms with Crippen LogP contribution in [0.15, 0.2) is 18.2 Å². The number of rotatable bonds is 5. The van der Waals surface area contributed by atoms with E-state index in [4.69, 9.17) is 21.1 Å². The van der Waals surface area contributed by atoms with Crippen LogP contribution in [-0.4, -0.2) is 75.9 Å². The van der Waals surface area contributed by atoms with Crippen molar-refractivity contribution in [3.05, 3.63) is 46.0 Å². The van der Waals surface area contributed by atoms with Crippen molar-refractivity contribution in [2.24, 2.45) is 0 Å². The number of morpholine rings is 1. The zero-order valence-corrected chi connectivity index (χ0v) is 21.5. The minimum Gasteiger partial charge on any atom is -0.490 e. The van der Waals surface area contributed by atoms with Crippen LogP contribution in [-0.2, 0) is 28.9 Å². The standard InChI is InChI=1S/C26H32ClFN4O4/c1-16-13-31(14-17(2)35-16)26(34)25-20-4-3-5-23(20)32(29-25)15-24(33)30-10-8-18(9-11-30)36-19-6-7-21(27)22(28)12-19/h6-7,12,16-18H,3-5,8-11,13-15H2,1-2H3/t16-,17+. The Morgan fingerprint density at radius 1 is 1.14 bits per heavy atom. The van der Waals surface area contributed by atoms with E-state index in [9.17, 15) is 14.0 Å². The molecule has 36 heavy (non-hydrogen) atoms. The van der Waals surface area contributed by atoms with Gasteiger partial charge in [0.2, 0.25) is 5.91 Å². The van der Waals surface area contributed by atoms with E-state index in [2.05, 4.69) is 5.10 Å². The number of aromatic nitrogens is 2. The van der Waals surface area contributed by atoms with E-state index in [0.717, 1.165) is 30.5 Å². The van der Waals surface area contributed by atoms with Crippen molar-refractivity contribution in [1.29, 1.82) is 0 Å². The van der Waals surface area contributed by atoms with E-state index in [1.807, 2.05) is 23.6 Å². The second-order valence-electron chi connectivity index (χ2n) is 10.0. The number of carbonyl (C=O) groups excluding carboxylic acids is 2. The molecule has 10 heteroatoms. The third kappa shape index (κ3) is 5.22. The van der Waals surface area contributed by atoms with Gasteiger partial charge in [-0.2, -0.15) is 5.10 Å². The third-order valence-corrected chi connectivity index (χ3v) is 7.50. The SMILES string of the molecule is C[C@@H]1CN(C(=O)c2nn(CC(=O)N3CCC(Oc4ccc(Cl)c(F)c4)CC3)c3c2CCC3)C[C@H](C)O1.